The Balaban J connectivity index is 1.72. The molecular weight excluding hydrogens is 478 g/mol. The van der Waals surface area contributed by atoms with E-state index in [0.29, 0.717) is 19.1 Å². The fourth-order valence-electron chi connectivity index (χ4n) is 5.19. The zero-order valence-electron chi connectivity index (χ0n) is 24.0. The average Bonchev–Trinajstić information content (AvgIpc) is 3.16. The van der Waals surface area contributed by atoms with Crippen molar-refractivity contribution in [2.24, 2.45) is 5.92 Å². The fraction of sp³-hybridized carbons (Fsp3) is 0.645. The summed E-state index contributed by atoms with van der Waals surface area (Å²) in [5.74, 6) is 0.690. The van der Waals surface area contributed by atoms with Crippen LogP contribution in [0.5, 0.6) is 0 Å². The van der Waals surface area contributed by atoms with Crippen LogP contribution >= 0.6 is 11.9 Å². The molecule has 1 aliphatic heterocycles. The van der Waals surface area contributed by atoms with Crippen molar-refractivity contribution in [2.45, 2.75) is 115 Å². The molecular formula is C31H47N3O2S. The molecule has 37 heavy (non-hydrogen) atoms. The van der Waals surface area contributed by atoms with Gasteiger partial charge in [0.15, 0.2) is 0 Å². The molecule has 4 rings (SSSR count). The van der Waals surface area contributed by atoms with Gasteiger partial charge in [0.25, 0.3) is 5.91 Å². The third-order valence-electron chi connectivity index (χ3n) is 8.15. The Morgan fingerprint density at radius 3 is 2.38 bits per heavy atom. The highest BCUT2D eigenvalue weighted by Crippen LogP contribution is 2.38. The first-order chi connectivity index (χ1) is 17.5. The highest BCUT2D eigenvalue weighted by Gasteiger charge is 2.27. The van der Waals surface area contributed by atoms with Crippen LogP contribution in [-0.2, 0) is 16.7 Å². The minimum Gasteiger partial charge on any atom is -0.377 e. The van der Waals surface area contributed by atoms with E-state index in [1.54, 1.807) is 11.9 Å². The molecule has 2 aromatic rings. The summed E-state index contributed by atoms with van der Waals surface area (Å²) in [6, 6.07) is 9.11. The monoisotopic (exact) mass is 525 g/mol. The number of rotatable bonds is 9. The van der Waals surface area contributed by atoms with Gasteiger partial charge in [-0.2, -0.15) is 0 Å². The van der Waals surface area contributed by atoms with Gasteiger partial charge in [0.05, 0.1) is 24.8 Å². The van der Waals surface area contributed by atoms with Gasteiger partial charge in [0.2, 0.25) is 0 Å². The number of carbonyl (C=O) groups is 1. The van der Waals surface area contributed by atoms with Crippen molar-refractivity contribution in [3.05, 3.63) is 41.1 Å². The van der Waals surface area contributed by atoms with E-state index in [2.05, 4.69) is 87.3 Å². The molecule has 1 saturated carbocycles. The lowest BCUT2D eigenvalue weighted by Gasteiger charge is -2.28. The summed E-state index contributed by atoms with van der Waals surface area (Å²) in [6.07, 6.45) is 7.60. The van der Waals surface area contributed by atoms with Crippen LogP contribution < -0.4 is 10.0 Å². The van der Waals surface area contributed by atoms with Gasteiger partial charge in [-0.3, -0.25) is 9.52 Å². The number of nitrogens with one attached hydrogen (secondary N) is 2. The number of amides is 1. The van der Waals surface area contributed by atoms with Crippen molar-refractivity contribution >= 4 is 17.9 Å². The SMILES string of the molecule is CCC(C)(C)NSc1ccc(-c2cc(C(=O)NC3COC3)c(C)n2CC2CCCCC2)cc1C(C)(C)C. The van der Waals surface area contributed by atoms with E-state index in [1.807, 2.05) is 0 Å². The van der Waals surface area contributed by atoms with Crippen molar-refractivity contribution in [2.75, 3.05) is 13.2 Å². The Bertz CT molecular complexity index is 1090. The van der Waals surface area contributed by atoms with Gasteiger partial charge in [-0.05, 0) is 92.6 Å². The zero-order valence-corrected chi connectivity index (χ0v) is 24.8. The molecule has 1 aliphatic carbocycles. The average molecular weight is 526 g/mol. The third kappa shape index (κ3) is 6.82. The molecule has 0 radical (unpaired) electrons. The van der Waals surface area contributed by atoms with Crippen LogP contribution in [0, 0.1) is 12.8 Å². The molecule has 1 aromatic heterocycles. The van der Waals surface area contributed by atoms with Gasteiger partial charge >= 0.3 is 0 Å². The number of benzene rings is 1. The van der Waals surface area contributed by atoms with Crippen LogP contribution in [0.15, 0.2) is 29.2 Å². The molecule has 2 heterocycles. The summed E-state index contributed by atoms with van der Waals surface area (Å²) < 4.78 is 11.4. The van der Waals surface area contributed by atoms with E-state index in [-0.39, 0.29) is 22.9 Å². The van der Waals surface area contributed by atoms with Gasteiger partial charge in [0, 0.05) is 28.4 Å². The maximum atomic E-state index is 13.3. The highest BCUT2D eigenvalue weighted by atomic mass is 32.2. The van der Waals surface area contributed by atoms with Crippen LogP contribution in [-0.4, -0.2) is 35.3 Å². The molecule has 0 spiro atoms. The number of ether oxygens (including phenoxy) is 1. The van der Waals surface area contributed by atoms with Gasteiger partial charge in [0.1, 0.15) is 0 Å². The van der Waals surface area contributed by atoms with Gasteiger partial charge in [-0.15, -0.1) is 0 Å². The van der Waals surface area contributed by atoms with Crippen molar-refractivity contribution < 1.29 is 9.53 Å². The van der Waals surface area contributed by atoms with Crippen LogP contribution in [0.4, 0.5) is 0 Å². The minimum absolute atomic E-state index is 0.00333. The van der Waals surface area contributed by atoms with Crippen LogP contribution in [0.2, 0.25) is 0 Å². The topological polar surface area (TPSA) is 55.3 Å². The maximum absolute atomic E-state index is 13.3. The van der Waals surface area contributed by atoms with Crippen molar-refractivity contribution in [1.29, 1.82) is 0 Å². The Hall–Kier alpha value is -1.76. The lowest BCUT2D eigenvalue weighted by Crippen LogP contribution is -2.48. The van der Waals surface area contributed by atoms with Crippen molar-refractivity contribution in [3.8, 4) is 11.3 Å². The molecule has 6 heteroatoms. The molecule has 0 unspecified atom stereocenters. The summed E-state index contributed by atoms with van der Waals surface area (Å²) >= 11 is 1.74. The number of nitrogens with zero attached hydrogens (tertiary/aromatic N) is 1. The van der Waals surface area contributed by atoms with Crippen molar-refractivity contribution in [1.82, 2.24) is 14.6 Å². The van der Waals surface area contributed by atoms with Crippen LogP contribution in [0.25, 0.3) is 11.3 Å². The summed E-state index contributed by atoms with van der Waals surface area (Å²) in [7, 11) is 0. The lowest BCUT2D eigenvalue weighted by molar-refractivity contribution is -0.00347. The smallest absolute Gasteiger partial charge is 0.253 e. The summed E-state index contributed by atoms with van der Waals surface area (Å²) in [5.41, 5.74) is 5.60. The second-order valence-corrected chi connectivity index (χ2v) is 13.6. The summed E-state index contributed by atoms with van der Waals surface area (Å²) in [4.78, 5) is 14.5. The Labute approximate surface area is 228 Å². The first kappa shape index (κ1) is 28.3. The first-order valence-electron chi connectivity index (χ1n) is 14.2. The van der Waals surface area contributed by atoms with Crippen LogP contribution in [0.1, 0.15) is 102 Å². The predicted molar refractivity (Wildman–Crippen MR) is 155 cm³/mol. The molecule has 1 saturated heterocycles. The van der Waals surface area contributed by atoms with E-state index >= 15 is 0 Å². The Kier molecular flexibility index (Phi) is 8.82. The minimum atomic E-state index is -0.00333. The maximum Gasteiger partial charge on any atom is 0.253 e. The number of aromatic nitrogens is 1. The van der Waals surface area contributed by atoms with Crippen molar-refractivity contribution in [3.63, 3.8) is 0 Å². The molecule has 0 atom stereocenters. The molecule has 2 fully saturated rings. The van der Waals surface area contributed by atoms with E-state index in [0.717, 1.165) is 29.9 Å². The molecule has 1 aromatic carbocycles. The summed E-state index contributed by atoms with van der Waals surface area (Å²) in [5, 5.41) is 3.16. The summed E-state index contributed by atoms with van der Waals surface area (Å²) in [6.45, 7) is 17.9. The second-order valence-electron chi connectivity index (χ2n) is 12.8. The molecule has 0 bridgehead atoms. The lowest BCUT2D eigenvalue weighted by atomic mass is 9.85. The first-order valence-corrected chi connectivity index (χ1v) is 15.0. The molecule has 5 nitrogen and oxygen atoms in total. The fourth-order valence-corrected chi connectivity index (χ4v) is 6.33. The zero-order chi connectivity index (χ0) is 26.8. The number of hydrogen-bond acceptors (Lipinski definition) is 4. The predicted octanol–water partition coefficient (Wildman–Crippen LogP) is 7.26. The van der Waals surface area contributed by atoms with Crippen LogP contribution in [0.3, 0.4) is 0 Å². The quantitative estimate of drug-likeness (QED) is 0.338. The second kappa shape index (κ2) is 11.5. The molecule has 204 valence electrons. The highest BCUT2D eigenvalue weighted by molar-refractivity contribution is 7.97. The van der Waals surface area contributed by atoms with E-state index in [1.165, 1.54) is 48.1 Å². The van der Waals surface area contributed by atoms with E-state index in [9.17, 15) is 4.79 Å². The largest absolute Gasteiger partial charge is 0.377 e. The van der Waals surface area contributed by atoms with Gasteiger partial charge < -0.3 is 14.6 Å². The number of carbonyl (C=O) groups excluding carboxylic acids is 1. The van der Waals surface area contributed by atoms with E-state index < -0.39 is 0 Å². The number of hydrogen-bond donors (Lipinski definition) is 2. The Morgan fingerprint density at radius 1 is 1.08 bits per heavy atom. The Morgan fingerprint density at radius 2 is 1.78 bits per heavy atom. The molecule has 2 aliphatic rings. The standard InChI is InChI=1S/C31H47N3O2S/c1-8-31(6,7)33-37-28-15-14-23(16-26(28)30(3,4)5)27-17-25(29(35)32-24-19-36-20-24)21(2)34(27)18-22-12-10-9-11-13-22/h14-17,22,24,33H,8-13,18-20H2,1-7H3,(H,32,35). The molecule has 1 amide bonds. The normalized spacial score (nSPS) is 17.6. The van der Waals surface area contributed by atoms with Gasteiger partial charge in [-0.1, -0.05) is 53.0 Å². The molecule has 2 N–H and O–H groups in total. The van der Waals surface area contributed by atoms with Gasteiger partial charge in [-0.25, -0.2) is 0 Å². The van der Waals surface area contributed by atoms with E-state index in [4.69, 9.17) is 4.74 Å². The third-order valence-corrected chi connectivity index (χ3v) is 9.39.